The second-order valence-corrected chi connectivity index (χ2v) is 11.0. The van der Waals surface area contributed by atoms with Crippen LogP contribution < -0.4 is 10.6 Å². The van der Waals surface area contributed by atoms with Gasteiger partial charge in [-0.3, -0.25) is 14.9 Å². The topological polar surface area (TPSA) is 102 Å². The summed E-state index contributed by atoms with van der Waals surface area (Å²) in [5.74, 6) is 0.201. The molecule has 0 saturated heterocycles. The van der Waals surface area contributed by atoms with Gasteiger partial charge in [0.25, 0.3) is 5.91 Å². The van der Waals surface area contributed by atoms with Gasteiger partial charge < -0.3 is 10.1 Å². The smallest absolute Gasteiger partial charge is 0.339 e. The van der Waals surface area contributed by atoms with E-state index in [2.05, 4.69) is 10.6 Å². The van der Waals surface area contributed by atoms with Crippen molar-refractivity contribution in [3.05, 3.63) is 70.3 Å². The summed E-state index contributed by atoms with van der Waals surface area (Å²) in [6, 6.07) is 11.2. The third-order valence-electron chi connectivity index (χ3n) is 8.16. The van der Waals surface area contributed by atoms with E-state index in [1.54, 1.807) is 30.3 Å². The van der Waals surface area contributed by atoms with Crippen LogP contribution in [0.1, 0.15) is 75.9 Å². The molecule has 0 heterocycles. The van der Waals surface area contributed by atoms with Crippen molar-refractivity contribution in [2.75, 3.05) is 6.61 Å². The number of hydrogen-bond donors (Lipinski definition) is 2. The molecule has 0 atom stereocenters. The highest BCUT2D eigenvalue weighted by molar-refractivity contribution is 6.14. The van der Waals surface area contributed by atoms with Crippen LogP contribution in [0.15, 0.2) is 42.5 Å². The van der Waals surface area contributed by atoms with Gasteiger partial charge in [-0.2, -0.15) is 0 Å². The van der Waals surface area contributed by atoms with Crippen LogP contribution in [0, 0.1) is 31.6 Å². The average Bonchev–Trinajstić information content (AvgIpc) is 2.82. The molecule has 2 aromatic rings. The van der Waals surface area contributed by atoms with Crippen LogP contribution in [0.2, 0.25) is 0 Å². The molecule has 7 heteroatoms. The molecule has 4 aliphatic rings. The molecule has 6 rings (SSSR count). The molecule has 7 nitrogen and oxygen atoms in total. The molecule has 2 N–H and O–H groups in total. The minimum absolute atomic E-state index is 0.0755. The van der Waals surface area contributed by atoms with E-state index >= 15 is 0 Å². The van der Waals surface area contributed by atoms with Crippen LogP contribution >= 0.6 is 0 Å². The summed E-state index contributed by atoms with van der Waals surface area (Å²) in [5.41, 5.74) is 2.57. The van der Waals surface area contributed by atoms with E-state index < -0.39 is 24.5 Å². The minimum atomic E-state index is -0.792. The summed E-state index contributed by atoms with van der Waals surface area (Å²) >= 11 is 0. The Morgan fingerprint density at radius 1 is 0.861 bits per heavy atom. The molecular weight excluding hydrogens is 456 g/mol. The van der Waals surface area contributed by atoms with Crippen LogP contribution in [0.25, 0.3) is 0 Å². The van der Waals surface area contributed by atoms with Crippen LogP contribution in [0.4, 0.5) is 4.79 Å². The van der Waals surface area contributed by atoms with E-state index in [-0.39, 0.29) is 22.4 Å². The number of aryl methyl sites for hydroxylation is 2. The summed E-state index contributed by atoms with van der Waals surface area (Å²) in [5, 5.41) is 5.37. The molecule has 0 unspecified atom stereocenters. The van der Waals surface area contributed by atoms with Gasteiger partial charge in [-0.25, -0.2) is 9.59 Å². The number of esters is 1. The number of urea groups is 1. The lowest BCUT2D eigenvalue weighted by atomic mass is 9.53. The molecule has 0 aliphatic heterocycles. The van der Waals surface area contributed by atoms with Gasteiger partial charge in [0.05, 0.1) is 5.56 Å². The highest BCUT2D eigenvalue weighted by Gasteiger charge is 2.51. The van der Waals surface area contributed by atoms with Gasteiger partial charge in [-0.1, -0.05) is 30.3 Å². The first kappa shape index (κ1) is 24.2. The third-order valence-corrected chi connectivity index (χ3v) is 8.16. The number of imide groups is 1. The summed E-state index contributed by atoms with van der Waals surface area (Å²) < 4.78 is 5.17. The maximum absolute atomic E-state index is 13.1. The van der Waals surface area contributed by atoms with Crippen molar-refractivity contribution in [2.45, 2.75) is 57.9 Å². The maximum Gasteiger partial charge on any atom is 0.339 e. The lowest BCUT2D eigenvalue weighted by molar-refractivity contribution is -0.123. The van der Waals surface area contributed by atoms with Crippen molar-refractivity contribution in [2.24, 2.45) is 17.8 Å². The molecule has 0 aromatic heterocycles. The fraction of sp³-hybridized carbons (Fsp3) is 0.448. The van der Waals surface area contributed by atoms with Crippen molar-refractivity contribution >= 4 is 23.7 Å². The van der Waals surface area contributed by atoms with Gasteiger partial charge in [0.15, 0.2) is 12.4 Å². The number of rotatable bonds is 6. The Balaban J connectivity index is 1.18. The number of carbonyl (C=O) groups is 4. The minimum Gasteiger partial charge on any atom is -0.452 e. The van der Waals surface area contributed by atoms with E-state index in [0.717, 1.165) is 30.4 Å². The summed E-state index contributed by atoms with van der Waals surface area (Å²) in [6.45, 7) is 3.27. The Labute approximate surface area is 211 Å². The van der Waals surface area contributed by atoms with Crippen LogP contribution in [0.5, 0.6) is 0 Å². The van der Waals surface area contributed by atoms with Crippen LogP contribution in [-0.4, -0.2) is 35.8 Å². The fourth-order valence-electron chi connectivity index (χ4n) is 6.80. The van der Waals surface area contributed by atoms with E-state index in [4.69, 9.17) is 4.74 Å². The molecule has 0 spiro atoms. The maximum atomic E-state index is 13.1. The molecular formula is C29H32N2O5. The zero-order valence-corrected chi connectivity index (χ0v) is 20.8. The predicted molar refractivity (Wildman–Crippen MR) is 134 cm³/mol. The van der Waals surface area contributed by atoms with Crippen LogP contribution in [0.3, 0.4) is 0 Å². The molecule has 4 aliphatic carbocycles. The quantitative estimate of drug-likeness (QED) is 0.461. The number of hydrogen-bond acceptors (Lipinski definition) is 5. The Hall–Kier alpha value is -3.48. The molecule has 4 saturated carbocycles. The Bertz CT molecular complexity index is 1200. The van der Waals surface area contributed by atoms with E-state index in [0.29, 0.717) is 23.3 Å². The molecule has 3 amide bonds. The van der Waals surface area contributed by atoms with Crippen molar-refractivity contribution in [3.63, 3.8) is 0 Å². The molecule has 4 fully saturated rings. The number of benzene rings is 2. The first-order chi connectivity index (χ1) is 17.2. The van der Waals surface area contributed by atoms with Crippen LogP contribution in [-0.2, 0) is 9.53 Å². The van der Waals surface area contributed by atoms with Gasteiger partial charge in [0.2, 0.25) is 0 Å². The van der Waals surface area contributed by atoms with Gasteiger partial charge in [0.1, 0.15) is 0 Å². The number of ether oxygens (including phenoxy) is 1. The fourth-order valence-corrected chi connectivity index (χ4v) is 6.80. The summed E-state index contributed by atoms with van der Waals surface area (Å²) in [7, 11) is 0. The van der Waals surface area contributed by atoms with Gasteiger partial charge in [0, 0.05) is 16.7 Å². The third kappa shape index (κ3) is 4.92. The Morgan fingerprint density at radius 2 is 1.47 bits per heavy atom. The highest BCUT2D eigenvalue weighted by Crippen LogP contribution is 2.55. The van der Waals surface area contributed by atoms with Crippen molar-refractivity contribution < 1.29 is 23.9 Å². The zero-order chi connectivity index (χ0) is 25.4. The summed E-state index contributed by atoms with van der Waals surface area (Å²) in [6.07, 6.45) is 6.68. The first-order valence-corrected chi connectivity index (χ1v) is 12.7. The van der Waals surface area contributed by atoms with Crippen molar-refractivity contribution in [3.8, 4) is 0 Å². The normalized spacial score (nSPS) is 25.8. The molecule has 188 valence electrons. The molecule has 4 bridgehead atoms. The number of ketones is 1. The number of nitrogens with one attached hydrogen (secondary N) is 2. The molecule has 0 radical (unpaired) electrons. The monoisotopic (exact) mass is 488 g/mol. The van der Waals surface area contributed by atoms with E-state index in [1.807, 2.05) is 19.9 Å². The van der Waals surface area contributed by atoms with Crippen molar-refractivity contribution in [1.82, 2.24) is 10.6 Å². The second-order valence-electron chi connectivity index (χ2n) is 11.0. The van der Waals surface area contributed by atoms with Crippen molar-refractivity contribution in [1.29, 1.82) is 0 Å². The highest BCUT2D eigenvalue weighted by atomic mass is 16.5. The number of amides is 3. The summed E-state index contributed by atoms with van der Waals surface area (Å²) in [4.78, 5) is 50.8. The second kappa shape index (κ2) is 9.52. The number of carbonyl (C=O) groups excluding carboxylic acids is 4. The first-order valence-electron chi connectivity index (χ1n) is 12.7. The Morgan fingerprint density at radius 3 is 2.08 bits per heavy atom. The van der Waals surface area contributed by atoms with E-state index in [1.165, 1.54) is 25.3 Å². The largest absolute Gasteiger partial charge is 0.452 e. The Kier molecular flexibility index (Phi) is 6.41. The van der Waals surface area contributed by atoms with Gasteiger partial charge in [-0.05, 0) is 93.4 Å². The standard InChI is InChI=1S/C29H32N2O5/c1-17-7-8-22(9-18(17)2)26(33)23-5-3-4-6-24(23)27(34)36-16-25(32)30-28(35)31-29-13-19-10-20(14-29)12-21(11-19)15-29/h3-9,19-21H,10-16H2,1-2H3,(H2,30,31,32,35). The van der Waals surface area contributed by atoms with E-state index in [9.17, 15) is 19.2 Å². The zero-order valence-electron chi connectivity index (χ0n) is 20.8. The SMILES string of the molecule is Cc1ccc(C(=O)c2ccccc2C(=O)OCC(=O)NC(=O)NC23CC4CC(CC(C4)C2)C3)cc1C. The lowest BCUT2D eigenvalue weighted by Gasteiger charge is -2.56. The predicted octanol–water partition coefficient (Wildman–Crippen LogP) is 4.49. The average molecular weight is 489 g/mol. The molecule has 36 heavy (non-hydrogen) atoms. The lowest BCUT2D eigenvalue weighted by Crippen LogP contribution is -2.62. The van der Waals surface area contributed by atoms with Gasteiger partial charge >= 0.3 is 12.0 Å². The molecule has 2 aromatic carbocycles. The van der Waals surface area contributed by atoms with Gasteiger partial charge in [-0.15, -0.1) is 0 Å².